The molecule has 0 spiro atoms. The SMILES string of the molecule is CN=C1C=C(c2ccccc2)NCCN1. The summed E-state index contributed by atoms with van der Waals surface area (Å²) in [6.45, 7) is 1.82. The van der Waals surface area contributed by atoms with Gasteiger partial charge in [0.25, 0.3) is 0 Å². The van der Waals surface area contributed by atoms with Crippen molar-refractivity contribution in [2.24, 2.45) is 4.99 Å². The van der Waals surface area contributed by atoms with Crippen molar-refractivity contribution in [3.63, 3.8) is 0 Å². The van der Waals surface area contributed by atoms with E-state index in [4.69, 9.17) is 0 Å². The fraction of sp³-hybridized carbons (Fsp3) is 0.250. The van der Waals surface area contributed by atoms with Crippen molar-refractivity contribution in [2.45, 2.75) is 0 Å². The Hall–Kier alpha value is -1.77. The Morgan fingerprint density at radius 2 is 1.80 bits per heavy atom. The molecule has 78 valence electrons. The van der Waals surface area contributed by atoms with Gasteiger partial charge in [-0.2, -0.15) is 0 Å². The van der Waals surface area contributed by atoms with E-state index in [0.29, 0.717) is 0 Å². The Kier molecular flexibility index (Phi) is 3.02. The first-order valence-electron chi connectivity index (χ1n) is 5.12. The number of benzene rings is 1. The maximum atomic E-state index is 4.17. The molecule has 1 aromatic rings. The van der Waals surface area contributed by atoms with Gasteiger partial charge in [0.2, 0.25) is 0 Å². The fourth-order valence-corrected chi connectivity index (χ4v) is 1.57. The number of aliphatic imine (C=N–C) groups is 1. The zero-order valence-corrected chi connectivity index (χ0v) is 8.83. The third-order valence-corrected chi connectivity index (χ3v) is 2.35. The minimum absolute atomic E-state index is 0.902. The van der Waals surface area contributed by atoms with Crippen molar-refractivity contribution in [3.05, 3.63) is 42.0 Å². The summed E-state index contributed by atoms with van der Waals surface area (Å²) in [6.07, 6.45) is 2.04. The van der Waals surface area contributed by atoms with Gasteiger partial charge < -0.3 is 10.6 Å². The maximum absolute atomic E-state index is 4.17. The molecule has 3 heteroatoms. The molecule has 1 aliphatic heterocycles. The lowest BCUT2D eigenvalue weighted by atomic mass is 10.1. The van der Waals surface area contributed by atoms with Crippen LogP contribution in [0.15, 0.2) is 41.4 Å². The van der Waals surface area contributed by atoms with E-state index >= 15 is 0 Å². The van der Waals surface area contributed by atoms with Crippen molar-refractivity contribution in [1.29, 1.82) is 0 Å². The number of nitrogens with zero attached hydrogens (tertiary/aromatic N) is 1. The molecule has 0 fully saturated rings. The van der Waals surface area contributed by atoms with E-state index in [-0.39, 0.29) is 0 Å². The van der Waals surface area contributed by atoms with Crippen LogP contribution in [0.5, 0.6) is 0 Å². The second kappa shape index (κ2) is 4.64. The highest BCUT2D eigenvalue weighted by Crippen LogP contribution is 2.11. The van der Waals surface area contributed by atoms with Crippen LogP contribution in [0.25, 0.3) is 5.70 Å². The van der Waals surface area contributed by atoms with Gasteiger partial charge in [-0.15, -0.1) is 0 Å². The second-order valence-corrected chi connectivity index (χ2v) is 3.39. The van der Waals surface area contributed by atoms with Crippen LogP contribution in [0.4, 0.5) is 0 Å². The average molecular weight is 201 g/mol. The molecule has 1 aromatic carbocycles. The number of nitrogens with one attached hydrogen (secondary N) is 2. The lowest BCUT2D eigenvalue weighted by Crippen LogP contribution is -2.25. The van der Waals surface area contributed by atoms with E-state index in [1.165, 1.54) is 5.56 Å². The van der Waals surface area contributed by atoms with Crippen LogP contribution < -0.4 is 10.6 Å². The second-order valence-electron chi connectivity index (χ2n) is 3.39. The highest BCUT2D eigenvalue weighted by atomic mass is 15.0. The summed E-state index contributed by atoms with van der Waals surface area (Å²) in [5.41, 5.74) is 2.32. The molecule has 0 unspecified atom stereocenters. The van der Waals surface area contributed by atoms with Crippen LogP contribution in [-0.2, 0) is 0 Å². The first kappa shape index (κ1) is 9.77. The predicted molar refractivity (Wildman–Crippen MR) is 63.8 cm³/mol. The number of amidine groups is 1. The summed E-state index contributed by atoms with van der Waals surface area (Å²) in [4.78, 5) is 4.17. The Bertz CT molecular complexity index is 379. The largest absolute Gasteiger partial charge is 0.383 e. The third-order valence-electron chi connectivity index (χ3n) is 2.35. The van der Waals surface area contributed by atoms with Gasteiger partial charge in [-0.1, -0.05) is 30.3 Å². The van der Waals surface area contributed by atoms with Gasteiger partial charge in [0.05, 0.1) is 0 Å². The van der Waals surface area contributed by atoms with Crippen LogP contribution in [0.1, 0.15) is 5.56 Å². The summed E-state index contributed by atoms with van der Waals surface area (Å²) in [6, 6.07) is 10.3. The van der Waals surface area contributed by atoms with Gasteiger partial charge in [-0.25, -0.2) is 0 Å². The molecule has 2 rings (SSSR count). The topological polar surface area (TPSA) is 36.4 Å². The molecule has 0 aromatic heterocycles. The van der Waals surface area contributed by atoms with Crippen LogP contribution in [0, 0.1) is 0 Å². The van der Waals surface area contributed by atoms with E-state index in [9.17, 15) is 0 Å². The lowest BCUT2D eigenvalue weighted by Gasteiger charge is -2.07. The maximum Gasteiger partial charge on any atom is 0.122 e. The normalized spacial score (nSPS) is 18.7. The summed E-state index contributed by atoms with van der Waals surface area (Å²) in [5.74, 6) is 0.929. The van der Waals surface area contributed by atoms with E-state index < -0.39 is 0 Å². The standard InChI is InChI=1S/C12H15N3/c1-13-12-9-11(14-7-8-15-12)10-5-3-2-4-6-10/h2-6,9,14H,7-8H2,1H3,(H,13,15). The van der Waals surface area contributed by atoms with Crippen molar-refractivity contribution < 1.29 is 0 Å². The summed E-state index contributed by atoms with van der Waals surface area (Å²) in [7, 11) is 1.80. The Morgan fingerprint density at radius 3 is 2.53 bits per heavy atom. The Morgan fingerprint density at radius 1 is 1.07 bits per heavy atom. The monoisotopic (exact) mass is 201 g/mol. The van der Waals surface area contributed by atoms with Gasteiger partial charge in [0.15, 0.2) is 0 Å². The molecule has 0 amide bonds. The molecule has 3 nitrogen and oxygen atoms in total. The van der Waals surface area contributed by atoms with Gasteiger partial charge in [-0.3, -0.25) is 4.99 Å². The Labute approximate surface area is 89.9 Å². The molecule has 0 saturated heterocycles. The summed E-state index contributed by atoms with van der Waals surface area (Å²) >= 11 is 0. The molecule has 0 radical (unpaired) electrons. The number of hydrogen-bond donors (Lipinski definition) is 2. The van der Waals surface area contributed by atoms with Crippen LogP contribution in [0.2, 0.25) is 0 Å². The number of hydrogen-bond acceptors (Lipinski definition) is 2. The Balaban J connectivity index is 2.31. The average Bonchev–Trinajstić information content (AvgIpc) is 2.55. The first-order chi connectivity index (χ1) is 7.40. The molecular weight excluding hydrogens is 186 g/mol. The van der Waals surface area contributed by atoms with Gasteiger partial charge >= 0.3 is 0 Å². The highest BCUT2D eigenvalue weighted by Gasteiger charge is 2.05. The summed E-state index contributed by atoms with van der Waals surface area (Å²) in [5, 5.41) is 6.62. The van der Waals surface area contributed by atoms with Crippen molar-refractivity contribution in [1.82, 2.24) is 10.6 Å². The zero-order chi connectivity index (χ0) is 10.5. The van der Waals surface area contributed by atoms with E-state index in [0.717, 1.165) is 24.6 Å². The smallest absolute Gasteiger partial charge is 0.122 e. The molecule has 0 saturated carbocycles. The molecule has 2 N–H and O–H groups in total. The zero-order valence-electron chi connectivity index (χ0n) is 8.83. The number of rotatable bonds is 1. The fourth-order valence-electron chi connectivity index (χ4n) is 1.57. The third kappa shape index (κ3) is 2.37. The van der Waals surface area contributed by atoms with E-state index in [2.05, 4.69) is 27.8 Å². The van der Waals surface area contributed by atoms with Crippen molar-refractivity contribution in [2.75, 3.05) is 20.1 Å². The lowest BCUT2D eigenvalue weighted by molar-refractivity contribution is 0.812. The molecule has 0 bridgehead atoms. The van der Waals surface area contributed by atoms with Crippen molar-refractivity contribution in [3.8, 4) is 0 Å². The molecule has 15 heavy (non-hydrogen) atoms. The van der Waals surface area contributed by atoms with Gasteiger partial charge in [0, 0.05) is 31.9 Å². The van der Waals surface area contributed by atoms with Crippen LogP contribution >= 0.6 is 0 Å². The quantitative estimate of drug-likeness (QED) is 0.717. The molecule has 1 aliphatic rings. The van der Waals surface area contributed by atoms with Crippen LogP contribution in [-0.4, -0.2) is 26.0 Å². The predicted octanol–water partition coefficient (Wildman–Crippen LogP) is 1.25. The summed E-state index contributed by atoms with van der Waals surface area (Å²) < 4.78 is 0. The van der Waals surface area contributed by atoms with Gasteiger partial charge in [-0.05, 0) is 5.56 Å². The molecule has 0 aliphatic carbocycles. The minimum Gasteiger partial charge on any atom is -0.383 e. The molecular formula is C12H15N3. The van der Waals surface area contributed by atoms with Gasteiger partial charge in [0.1, 0.15) is 5.84 Å². The first-order valence-corrected chi connectivity index (χ1v) is 5.12. The highest BCUT2D eigenvalue weighted by molar-refractivity contribution is 5.99. The van der Waals surface area contributed by atoms with Crippen molar-refractivity contribution >= 4 is 11.5 Å². The van der Waals surface area contributed by atoms with Crippen LogP contribution in [0.3, 0.4) is 0 Å². The molecule has 0 atom stereocenters. The van der Waals surface area contributed by atoms with E-state index in [1.54, 1.807) is 7.05 Å². The van der Waals surface area contributed by atoms with E-state index in [1.807, 2.05) is 24.3 Å². The minimum atomic E-state index is 0.902. The molecule has 1 heterocycles.